The van der Waals surface area contributed by atoms with Crippen LogP contribution >= 0.6 is 11.8 Å². The maximum absolute atomic E-state index is 12.2. The fourth-order valence-corrected chi connectivity index (χ4v) is 3.35. The van der Waals surface area contributed by atoms with E-state index in [0.29, 0.717) is 17.3 Å². The minimum absolute atomic E-state index is 0.102. The standard InChI is InChI=1S/C15H19N3OS/c1-11-3-4-13(9-12(11)10-16)17-15(19)18(2)14-5-7-20-8-6-14/h3-4,9,14H,5-8H2,1-2H3,(H,17,19). The molecule has 0 spiro atoms. The summed E-state index contributed by atoms with van der Waals surface area (Å²) in [7, 11) is 1.84. The smallest absolute Gasteiger partial charge is 0.321 e. The molecule has 0 atom stereocenters. The van der Waals surface area contributed by atoms with E-state index in [4.69, 9.17) is 5.26 Å². The normalized spacial score (nSPS) is 15.4. The van der Waals surface area contributed by atoms with E-state index in [1.54, 1.807) is 11.0 Å². The van der Waals surface area contributed by atoms with Gasteiger partial charge in [-0.05, 0) is 49.0 Å². The topological polar surface area (TPSA) is 56.1 Å². The number of amides is 2. The first-order chi connectivity index (χ1) is 9.61. The Morgan fingerprint density at radius 1 is 1.45 bits per heavy atom. The van der Waals surface area contributed by atoms with Crippen LogP contribution in [0.25, 0.3) is 0 Å². The Kier molecular flexibility index (Phi) is 4.91. The number of hydrogen-bond donors (Lipinski definition) is 1. The molecule has 0 saturated carbocycles. The Hall–Kier alpha value is -1.67. The molecule has 0 aromatic heterocycles. The number of aryl methyl sites for hydroxylation is 1. The van der Waals surface area contributed by atoms with Crippen molar-refractivity contribution < 1.29 is 4.79 Å². The maximum atomic E-state index is 12.2. The molecule has 1 aromatic rings. The van der Waals surface area contributed by atoms with E-state index in [1.165, 1.54) is 0 Å². The van der Waals surface area contributed by atoms with Gasteiger partial charge in [0.1, 0.15) is 0 Å². The van der Waals surface area contributed by atoms with E-state index in [2.05, 4.69) is 11.4 Å². The Labute approximate surface area is 124 Å². The van der Waals surface area contributed by atoms with Gasteiger partial charge in [-0.3, -0.25) is 0 Å². The summed E-state index contributed by atoms with van der Waals surface area (Å²) < 4.78 is 0. The van der Waals surface area contributed by atoms with E-state index in [9.17, 15) is 4.79 Å². The quantitative estimate of drug-likeness (QED) is 0.909. The van der Waals surface area contributed by atoms with E-state index in [-0.39, 0.29) is 6.03 Å². The number of nitrogens with zero attached hydrogens (tertiary/aromatic N) is 2. The molecule has 0 aliphatic carbocycles. The number of hydrogen-bond acceptors (Lipinski definition) is 3. The third-order valence-corrected chi connectivity index (χ3v) is 4.72. The van der Waals surface area contributed by atoms with Crippen LogP contribution in [0, 0.1) is 18.3 Å². The zero-order chi connectivity index (χ0) is 14.5. The molecule has 1 aliphatic rings. The fourth-order valence-electron chi connectivity index (χ4n) is 2.27. The molecular formula is C15H19N3OS. The third-order valence-electron chi connectivity index (χ3n) is 3.67. The van der Waals surface area contributed by atoms with Crippen molar-refractivity contribution in [2.45, 2.75) is 25.8 Å². The van der Waals surface area contributed by atoms with Gasteiger partial charge in [0.25, 0.3) is 0 Å². The Morgan fingerprint density at radius 2 is 2.15 bits per heavy atom. The van der Waals surface area contributed by atoms with Crippen LogP contribution in [0.5, 0.6) is 0 Å². The second-order valence-electron chi connectivity index (χ2n) is 5.03. The third kappa shape index (κ3) is 3.45. The van der Waals surface area contributed by atoms with Crippen LogP contribution in [0.2, 0.25) is 0 Å². The van der Waals surface area contributed by atoms with Crippen LogP contribution in [0.3, 0.4) is 0 Å². The highest BCUT2D eigenvalue weighted by Crippen LogP contribution is 2.22. The molecule has 1 fully saturated rings. The Balaban J connectivity index is 2.02. The second-order valence-corrected chi connectivity index (χ2v) is 6.25. The molecule has 2 rings (SSSR count). The summed E-state index contributed by atoms with van der Waals surface area (Å²) in [6, 6.07) is 7.75. The summed E-state index contributed by atoms with van der Waals surface area (Å²) in [6.07, 6.45) is 2.10. The van der Waals surface area contributed by atoms with E-state index in [0.717, 1.165) is 29.9 Å². The van der Waals surface area contributed by atoms with Gasteiger partial charge in [0.05, 0.1) is 11.6 Å². The Morgan fingerprint density at radius 3 is 2.80 bits per heavy atom. The molecule has 1 saturated heterocycles. The van der Waals surface area contributed by atoms with Crippen molar-refractivity contribution in [2.75, 3.05) is 23.9 Å². The first-order valence-electron chi connectivity index (χ1n) is 6.74. The van der Waals surface area contributed by atoms with Crippen LogP contribution in [0.15, 0.2) is 18.2 Å². The van der Waals surface area contributed by atoms with Gasteiger partial charge < -0.3 is 10.2 Å². The van der Waals surface area contributed by atoms with Gasteiger partial charge in [0.15, 0.2) is 0 Å². The largest absolute Gasteiger partial charge is 0.325 e. The monoisotopic (exact) mass is 289 g/mol. The summed E-state index contributed by atoms with van der Waals surface area (Å²) >= 11 is 1.94. The number of anilines is 1. The highest BCUT2D eigenvalue weighted by atomic mass is 32.2. The van der Waals surface area contributed by atoms with Crippen LogP contribution < -0.4 is 5.32 Å². The number of carbonyl (C=O) groups excluding carboxylic acids is 1. The molecule has 20 heavy (non-hydrogen) atoms. The first-order valence-corrected chi connectivity index (χ1v) is 7.89. The average Bonchev–Trinajstić information content (AvgIpc) is 2.49. The van der Waals surface area contributed by atoms with Crippen molar-refractivity contribution in [2.24, 2.45) is 0 Å². The number of rotatable bonds is 2. The number of thioether (sulfide) groups is 1. The van der Waals surface area contributed by atoms with E-state index >= 15 is 0 Å². The average molecular weight is 289 g/mol. The lowest BCUT2D eigenvalue weighted by Gasteiger charge is -2.31. The molecule has 0 radical (unpaired) electrons. The highest BCUT2D eigenvalue weighted by Gasteiger charge is 2.22. The number of nitrogens with one attached hydrogen (secondary N) is 1. The van der Waals surface area contributed by atoms with Crippen LogP contribution in [-0.2, 0) is 0 Å². The molecule has 1 heterocycles. The second kappa shape index (κ2) is 6.67. The maximum Gasteiger partial charge on any atom is 0.321 e. The predicted molar refractivity (Wildman–Crippen MR) is 83.0 cm³/mol. The number of nitriles is 1. The number of carbonyl (C=O) groups is 1. The fraction of sp³-hybridized carbons (Fsp3) is 0.467. The van der Waals surface area contributed by atoms with Gasteiger partial charge in [-0.25, -0.2) is 4.79 Å². The first kappa shape index (κ1) is 14.7. The summed E-state index contributed by atoms with van der Waals surface area (Å²) in [5.41, 5.74) is 2.19. The lowest BCUT2D eigenvalue weighted by Crippen LogP contribution is -2.41. The van der Waals surface area contributed by atoms with Crippen LogP contribution in [0.4, 0.5) is 10.5 Å². The van der Waals surface area contributed by atoms with Gasteiger partial charge in [-0.2, -0.15) is 17.0 Å². The van der Waals surface area contributed by atoms with E-state index < -0.39 is 0 Å². The summed E-state index contributed by atoms with van der Waals surface area (Å²) in [5.74, 6) is 2.23. The van der Waals surface area contributed by atoms with Crippen LogP contribution in [-0.4, -0.2) is 35.5 Å². The van der Waals surface area contributed by atoms with E-state index in [1.807, 2.05) is 37.9 Å². The summed E-state index contributed by atoms with van der Waals surface area (Å²) in [4.78, 5) is 14.0. The predicted octanol–water partition coefficient (Wildman–Crippen LogP) is 3.23. The van der Waals surface area contributed by atoms with Crippen molar-refractivity contribution in [3.05, 3.63) is 29.3 Å². The minimum Gasteiger partial charge on any atom is -0.325 e. The van der Waals surface area contributed by atoms with Gasteiger partial charge >= 0.3 is 6.03 Å². The van der Waals surface area contributed by atoms with Crippen molar-refractivity contribution in [3.8, 4) is 6.07 Å². The molecule has 5 heteroatoms. The van der Waals surface area contributed by atoms with Crippen LogP contribution in [0.1, 0.15) is 24.0 Å². The summed E-state index contributed by atoms with van der Waals surface area (Å²) in [5, 5.41) is 11.9. The SMILES string of the molecule is Cc1ccc(NC(=O)N(C)C2CCSCC2)cc1C#N. The molecule has 1 aromatic carbocycles. The molecule has 4 nitrogen and oxygen atoms in total. The molecule has 0 unspecified atom stereocenters. The van der Waals surface area contributed by atoms with Crippen molar-refractivity contribution in [3.63, 3.8) is 0 Å². The lowest BCUT2D eigenvalue weighted by molar-refractivity contribution is 0.200. The summed E-state index contributed by atoms with van der Waals surface area (Å²) in [6.45, 7) is 1.88. The van der Waals surface area contributed by atoms with Gasteiger partial charge in [0.2, 0.25) is 0 Å². The zero-order valence-corrected chi connectivity index (χ0v) is 12.7. The Bertz CT molecular complexity index is 532. The van der Waals surface area contributed by atoms with Crippen molar-refractivity contribution in [1.82, 2.24) is 4.90 Å². The molecule has 2 amide bonds. The van der Waals surface area contributed by atoms with Gasteiger partial charge in [-0.15, -0.1) is 0 Å². The number of urea groups is 1. The van der Waals surface area contributed by atoms with Crippen molar-refractivity contribution >= 4 is 23.5 Å². The van der Waals surface area contributed by atoms with Gasteiger partial charge in [-0.1, -0.05) is 6.07 Å². The molecule has 106 valence electrons. The molecule has 1 aliphatic heterocycles. The highest BCUT2D eigenvalue weighted by molar-refractivity contribution is 7.99. The minimum atomic E-state index is -0.102. The van der Waals surface area contributed by atoms with Crippen molar-refractivity contribution in [1.29, 1.82) is 5.26 Å². The lowest BCUT2D eigenvalue weighted by atomic mass is 10.1. The number of benzene rings is 1. The molecule has 0 bridgehead atoms. The molecular weight excluding hydrogens is 270 g/mol. The molecule has 1 N–H and O–H groups in total. The zero-order valence-electron chi connectivity index (χ0n) is 11.8. The van der Waals surface area contributed by atoms with Gasteiger partial charge in [0, 0.05) is 18.8 Å².